The van der Waals surface area contributed by atoms with Crippen LogP contribution in [0.1, 0.15) is 39.0 Å². The van der Waals surface area contributed by atoms with Crippen LogP contribution in [0.2, 0.25) is 0 Å². The van der Waals surface area contributed by atoms with Crippen molar-refractivity contribution in [2.45, 2.75) is 50.3 Å². The van der Waals surface area contributed by atoms with Crippen molar-refractivity contribution in [1.82, 2.24) is 10.6 Å². The van der Waals surface area contributed by atoms with Gasteiger partial charge in [0.2, 0.25) is 0 Å². The second-order valence-corrected chi connectivity index (χ2v) is 6.23. The minimum atomic E-state index is -0.812. The van der Waals surface area contributed by atoms with Gasteiger partial charge in [0, 0.05) is 24.3 Å². The molecule has 1 aliphatic carbocycles. The molecule has 19 heavy (non-hydrogen) atoms. The van der Waals surface area contributed by atoms with Crippen LogP contribution >= 0.6 is 11.8 Å². The van der Waals surface area contributed by atoms with Crippen molar-refractivity contribution in [3.63, 3.8) is 0 Å². The molecule has 0 aromatic carbocycles. The van der Waals surface area contributed by atoms with Crippen molar-refractivity contribution in [2.75, 3.05) is 12.8 Å². The van der Waals surface area contributed by atoms with Crippen LogP contribution in [0.25, 0.3) is 0 Å². The van der Waals surface area contributed by atoms with Crippen LogP contribution in [-0.2, 0) is 4.79 Å². The maximum absolute atomic E-state index is 11.7. The summed E-state index contributed by atoms with van der Waals surface area (Å²) in [6.45, 7) is 2.36. The number of carboxylic acids is 1. The highest BCUT2D eigenvalue weighted by molar-refractivity contribution is 7.99. The highest BCUT2D eigenvalue weighted by atomic mass is 32.2. The third-order valence-corrected chi connectivity index (χ3v) is 4.74. The first-order valence-electron chi connectivity index (χ1n) is 6.84. The van der Waals surface area contributed by atoms with Crippen LogP contribution in [0.3, 0.4) is 0 Å². The zero-order valence-electron chi connectivity index (χ0n) is 11.6. The van der Waals surface area contributed by atoms with E-state index in [4.69, 9.17) is 5.11 Å². The number of hydrogen-bond acceptors (Lipinski definition) is 3. The number of carbonyl (C=O) groups excluding carboxylic acids is 1. The third-order valence-electron chi connectivity index (χ3n) is 3.65. The molecular formula is C13H24N2O3S. The van der Waals surface area contributed by atoms with E-state index in [0.29, 0.717) is 11.8 Å². The first-order chi connectivity index (χ1) is 9.05. The van der Waals surface area contributed by atoms with Crippen molar-refractivity contribution in [1.29, 1.82) is 0 Å². The molecule has 0 spiro atoms. The monoisotopic (exact) mass is 288 g/mol. The first kappa shape index (κ1) is 16.1. The van der Waals surface area contributed by atoms with E-state index in [0.717, 1.165) is 25.7 Å². The Kier molecular flexibility index (Phi) is 7.05. The van der Waals surface area contributed by atoms with Gasteiger partial charge in [-0.3, -0.25) is 4.79 Å². The molecule has 0 aromatic rings. The van der Waals surface area contributed by atoms with Crippen LogP contribution in [-0.4, -0.2) is 41.2 Å². The fourth-order valence-electron chi connectivity index (χ4n) is 2.37. The van der Waals surface area contributed by atoms with Crippen LogP contribution in [0.15, 0.2) is 0 Å². The van der Waals surface area contributed by atoms with E-state index in [1.165, 1.54) is 0 Å². The lowest BCUT2D eigenvalue weighted by Crippen LogP contribution is -2.43. The van der Waals surface area contributed by atoms with E-state index in [-0.39, 0.29) is 24.4 Å². The van der Waals surface area contributed by atoms with E-state index >= 15 is 0 Å². The number of amides is 2. The zero-order chi connectivity index (χ0) is 14.3. The largest absolute Gasteiger partial charge is 0.481 e. The lowest BCUT2D eigenvalue weighted by molar-refractivity contribution is -0.138. The Bertz CT molecular complexity index is 312. The number of rotatable bonds is 7. The molecule has 0 heterocycles. The molecule has 1 rings (SSSR count). The summed E-state index contributed by atoms with van der Waals surface area (Å²) in [7, 11) is 0. The molecule has 0 saturated heterocycles. The molecule has 3 unspecified atom stereocenters. The van der Waals surface area contributed by atoms with Crippen LogP contribution in [0.5, 0.6) is 0 Å². The van der Waals surface area contributed by atoms with Crippen LogP contribution in [0, 0.1) is 5.92 Å². The maximum atomic E-state index is 11.7. The van der Waals surface area contributed by atoms with Gasteiger partial charge in [0.1, 0.15) is 0 Å². The van der Waals surface area contributed by atoms with E-state index in [9.17, 15) is 9.59 Å². The first-order valence-corrected chi connectivity index (χ1v) is 8.12. The molecule has 5 nitrogen and oxygen atoms in total. The van der Waals surface area contributed by atoms with Crippen molar-refractivity contribution in [3.8, 4) is 0 Å². The van der Waals surface area contributed by atoms with Gasteiger partial charge in [-0.05, 0) is 31.4 Å². The molecular weight excluding hydrogens is 264 g/mol. The molecule has 2 amide bonds. The summed E-state index contributed by atoms with van der Waals surface area (Å²) in [4.78, 5) is 22.4. The summed E-state index contributed by atoms with van der Waals surface area (Å²) in [5, 5.41) is 15.1. The van der Waals surface area contributed by atoms with E-state index in [1.807, 2.05) is 18.7 Å². The zero-order valence-corrected chi connectivity index (χ0v) is 12.5. The molecule has 0 aliphatic heterocycles. The molecule has 3 atom stereocenters. The Balaban J connectivity index is 2.22. The topological polar surface area (TPSA) is 78.4 Å². The fraction of sp³-hybridized carbons (Fsp3) is 0.846. The average Bonchev–Trinajstić information content (AvgIpc) is 2.81. The Labute approximate surface area is 118 Å². The SMILES string of the molecule is CCC(CNC(=O)NC1CCC(SC)C1)CC(=O)O. The number of thioether (sulfide) groups is 1. The van der Waals surface area contributed by atoms with Gasteiger partial charge >= 0.3 is 12.0 Å². The summed E-state index contributed by atoms with van der Waals surface area (Å²) in [5.41, 5.74) is 0. The molecule has 0 bridgehead atoms. The van der Waals surface area contributed by atoms with Crippen LogP contribution in [0.4, 0.5) is 4.79 Å². The van der Waals surface area contributed by atoms with Gasteiger partial charge in [0.25, 0.3) is 0 Å². The standard InChI is InChI=1S/C13H24N2O3S/c1-3-9(6-12(16)17)8-14-13(18)15-10-4-5-11(7-10)19-2/h9-11H,3-8H2,1-2H3,(H,16,17)(H2,14,15,18). The molecule has 1 saturated carbocycles. The molecule has 0 aromatic heterocycles. The lowest BCUT2D eigenvalue weighted by atomic mass is 10.0. The molecule has 110 valence electrons. The molecule has 0 radical (unpaired) electrons. The normalized spacial score (nSPS) is 23.9. The van der Waals surface area contributed by atoms with Crippen molar-refractivity contribution in [2.24, 2.45) is 5.92 Å². The van der Waals surface area contributed by atoms with Gasteiger partial charge in [-0.15, -0.1) is 0 Å². The van der Waals surface area contributed by atoms with Gasteiger partial charge < -0.3 is 15.7 Å². The van der Waals surface area contributed by atoms with Crippen molar-refractivity contribution >= 4 is 23.8 Å². The van der Waals surface area contributed by atoms with Gasteiger partial charge in [-0.2, -0.15) is 11.8 Å². The van der Waals surface area contributed by atoms with Gasteiger partial charge in [-0.25, -0.2) is 4.79 Å². The van der Waals surface area contributed by atoms with E-state index in [2.05, 4.69) is 16.9 Å². The number of hydrogen-bond donors (Lipinski definition) is 3. The van der Waals surface area contributed by atoms with Crippen molar-refractivity contribution in [3.05, 3.63) is 0 Å². The lowest BCUT2D eigenvalue weighted by Gasteiger charge is -2.17. The summed E-state index contributed by atoms with van der Waals surface area (Å²) in [6.07, 6.45) is 6.18. The molecule has 1 aliphatic rings. The van der Waals surface area contributed by atoms with E-state index < -0.39 is 5.97 Å². The number of aliphatic carboxylic acids is 1. The van der Waals surface area contributed by atoms with Crippen molar-refractivity contribution < 1.29 is 14.7 Å². The Morgan fingerprint density at radius 3 is 2.68 bits per heavy atom. The van der Waals surface area contributed by atoms with Crippen LogP contribution < -0.4 is 10.6 Å². The second kappa shape index (κ2) is 8.30. The van der Waals surface area contributed by atoms with Gasteiger partial charge in [-0.1, -0.05) is 13.3 Å². The summed E-state index contributed by atoms with van der Waals surface area (Å²) >= 11 is 1.85. The minimum absolute atomic E-state index is 0.00535. The Hall–Kier alpha value is -0.910. The predicted molar refractivity (Wildman–Crippen MR) is 77.5 cm³/mol. The fourth-order valence-corrected chi connectivity index (χ4v) is 3.16. The van der Waals surface area contributed by atoms with E-state index in [1.54, 1.807) is 0 Å². The smallest absolute Gasteiger partial charge is 0.315 e. The third kappa shape index (κ3) is 6.18. The second-order valence-electron chi connectivity index (χ2n) is 5.09. The minimum Gasteiger partial charge on any atom is -0.481 e. The number of carboxylic acid groups (broad SMARTS) is 1. The quantitative estimate of drug-likeness (QED) is 0.670. The molecule has 6 heteroatoms. The van der Waals surface area contributed by atoms with Gasteiger partial charge in [0.05, 0.1) is 0 Å². The Morgan fingerprint density at radius 2 is 2.16 bits per heavy atom. The average molecular weight is 288 g/mol. The highest BCUT2D eigenvalue weighted by Gasteiger charge is 2.25. The molecule has 3 N–H and O–H groups in total. The highest BCUT2D eigenvalue weighted by Crippen LogP contribution is 2.27. The molecule has 1 fully saturated rings. The maximum Gasteiger partial charge on any atom is 0.315 e. The summed E-state index contributed by atoms with van der Waals surface area (Å²) < 4.78 is 0. The Morgan fingerprint density at radius 1 is 1.42 bits per heavy atom. The predicted octanol–water partition coefficient (Wildman–Crippen LogP) is 2.07. The number of nitrogens with one attached hydrogen (secondary N) is 2. The number of carbonyl (C=O) groups is 2. The number of urea groups is 1. The summed E-state index contributed by atoms with van der Waals surface area (Å²) in [5.74, 6) is -0.807. The van der Waals surface area contributed by atoms with Gasteiger partial charge in [0.15, 0.2) is 0 Å². The summed E-state index contributed by atoms with van der Waals surface area (Å²) in [6, 6.07) is 0.0904.